The van der Waals surface area contributed by atoms with Crippen molar-refractivity contribution in [1.82, 2.24) is 0 Å². The molecule has 0 atom stereocenters. The van der Waals surface area contributed by atoms with Crippen molar-refractivity contribution in [2.24, 2.45) is 0 Å². The number of rotatable bonds is 4. The molecule has 0 aliphatic rings. The summed E-state index contributed by atoms with van der Waals surface area (Å²) in [5, 5.41) is 12.9. The maximum absolute atomic E-state index is 13.0. The quantitative estimate of drug-likeness (QED) is 0.860. The van der Waals surface area contributed by atoms with Gasteiger partial charge in [0.15, 0.2) is 0 Å². The molecule has 0 saturated carbocycles. The van der Waals surface area contributed by atoms with Gasteiger partial charge in [0.1, 0.15) is 4.88 Å². The molecule has 1 amide bonds. The fourth-order valence-electron chi connectivity index (χ4n) is 1.99. The van der Waals surface area contributed by atoms with E-state index in [-0.39, 0.29) is 34.7 Å². The van der Waals surface area contributed by atoms with Crippen molar-refractivity contribution in [2.75, 3.05) is 5.32 Å². The smallest absolute Gasteiger partial charge is 0.426 e. The highest BCUT2D eigenvalue weighted by molar-refractivity contribution is 7.10. The Morgan fingerprint density at radius 1 is 1.26 bits per heavy atom. The van der Waals surface area contributed by atoms with Gasteiger partial charge in [-0.3, -0.25) is 4.79 Å². The van der Waals surface area contributed by atoms with Gasteiger partial charge < -0.3 is 10.4 Å². The Bertz CT molecular complexity index is 753. The average Bonchev–Trinajstić information content (AvgIpc) is 2.96. The largest absolute Gasteiger partial charge is 0.478 e. The van der Waals surface area contributed by atoms with Gasteiger partial charge in [0.05, 0.1) is 11.3 Å². The van der Waals surface area contributed by atoms with Gasteiger partial charge in [-0.2, -0.15) is 13.2 Å². The second-order valence-corrected chi connectivity index (χ2v) is 5.54. The van der Waals surface area contributed by atoms with E-state index in [0.29, 0.717) is 11.3 Å². The molecule has 122 valence electrons. The minimum Gasteiger partial charge on any atom is -0.478 e. The summed E-state index contributed by atoms with van der Waals surface area (Å²) < 4.78 is 38.9. The lowest BCUT2D eigenvalue weighted by molar-refractivity contribution is -0.133. The van der Waals surface area contributed by atoms with Crippen LogP contribution in [0.5, 0.6) is 0 Å². The molecule has 2 N–H and O–H groups in total. The molecule has 0 fully saturated rings. The first kappa shape index (κ1) is 17.0. The van der Waals surface area contributed by atoms with Gasteiger partial charge in [0, 0.05) is 12.0 Å². The molecule has 4 nitrogen and oxygen atoms in total. The Hall–Kier alpha value is -2.35. The molecule has 1 heterocycles. The highest BCUT2D eigenvalue weighted by atomic mass is 32.1. The van der Waals surface area contributed by atoms with E-state index in [9.17, 15) is 27.9 Å². The number of aromatic carboxylic acids is 1. The fourth-order valence-corrected chi connectivity index (χ4v) is 2.78. The van der Waals surface area contributed by atoms with E-state index in [1.54, 1.807) is 6.92 Å². The molecular formula is C15H12F3NO3S. The van der Waals surface area contributed by atoms with Crippen LogP contribution < -0.4 is 5.32 Å². The van der Waals surface area contributed by atoms with Crippen molar-refractivity contribution in [3.05, 3.63) is 40.1 Å². The topological polar surface area (TPSA) is 66.4 Å². The number of hydrogen-bond acceptors (Lipinski definition) is 3. The van der Waals surface area contributed by atoms with E-state index in [1.165, 1.54) is 23.6 Å². The van der Waals surface area contributed by atoms with Crippen LogP contribution in [0.15, 0.2) is 29.6 Å². The van der Waals surface area contributed by atoms with Crippen molar-refractivity contribution in [1.29, 1.82) is 0 Å². The number of benzene rings is 1. The minimum absolute atomic E-state index is 0.0527. The zero-order valence-corrected chi connectivity index (χ0v) is 12.7. The first-order chi connectivity index (χ1) is 10.7. The maximum atomic E-state index is 13.0. The van der Waals surface area contributed by atoms with Crippen LogP contribution >= 0.6 is 11.3 Å². The van der Waals surface area contributed by atoms with E-state index >= 15 is 0 Å². The van der Waals surface area contributed by atoms with E-state index in [0.717, 1.165) is 6.07 Å². The zero-order chi connectivity index (χ0) is 17.2. The Kier molecular flexibility index (Phi) is 4.74. The molecule has 2 aromatic rings. The van der Waals surface area contributed by atoms with Crippen molar-refractivity contribution < 1.29 is 27.9 Å². The van der Waals surface area contributed by atoms with Crippen LogP contribution in [0, 0.1) is 0 Å². The molecule has 1 aromatic heterocycles. The van der Waals surface area contributed by atoms with Crippen LogP contribution in [-0.4, -0.2) is 17.0 Å². The Balaban J connectivity index is 2.51. The van der Waals surface area contributed by atoms with Gasteiger partial charge in [-0.05, 0) is 29.1 Å². The molecule has 2 rings (SSSR count). The number of anilines is 1. The monoisotopic (exact) mass is 343 g/mol. The van der Waals surface area contributed by atoms with Crippen LogP contribution in [0.1, 0.15) is 28.6 Å². The molecule has 0 bridgehead atoms. The lowest BCUT2D eigenvalue weighted by Gasteiger charge is -2.11. The van der Waals surface area contributed by atoms with Crippen molar-refractivity contribution >= 4 is 28.9 Å². The molecule has 0 radical (unpaired) electrons. The Labute approximate surface area is 133 Å². The number of alkyl halides is 3. The zero-order valence-electron chi connectivity index (χ0n) is 11.9. The minimum atomic E-state index is -4.51. The normalized spacial score (nSPS) is 11.3. The summed E-state index contributed by atoms with van der Waals surface area (Å²) in [5.41, 5.74) is -0.163. The van der Waals surface area contributed by atoms with Gasteiger partial charge in [0.2, 0.25) is 5.91 Å². The summed E-state index contributed by atoms with van der Waals surface area (Å²) in [6.45, 7) is 1.60. The Morgan fingerprint density at radius 3 is 2.52 bits per heavy atom. The molecule has 0 spiro atoms. The van der Waals surface area contributed by atoms with Crippen LogP contribution in [-0.2, 0) is 11.0 Å². The molecular weight excluding hydrogens is 331 g/mol. The number of carbonyl (C=O) groups is 2. The van der Waals surface area contributed by atoms with E-state index in [1.807, 2.05) is 0 Å². The predicted molar refractivity (Wildman–Crippen MR) is 80.6 cm³/mol. The van der Waals surface area contributed by atoms with Gasteiger partial charge in [-0.15, -0.1) is 11.3 Å². The lowest BCUT2D eigenvalue weighted by atomic mass is 10.0. The summed E-state index contributed by atoms with van der Waals surface area (Å²) in [6, 6.07) is 5.07. The molecule has 0 unspecified atom stereocenters. The second-order valence-electron chi connectivity index (χ2n) is 4.63. The third kappa shape index (κ3) is 3.70. The first-order valence-corrected chi connectivity index (χ1v) is 7.44. The number of amides is 1. The second kappa shape index (κ2) is 6.41. The number of nitrogens with one attached hydrogen (secondary N) is 1. The highest BCUT2D eigenvalue weighted by Crippen LogP contribution is 2.41. The molecule has 0 aliphatic heterocycles. The fraction of sp³-hybridized carbons (Fsp3) is 0.200. The van der Waals surface area contributed by atoms with Gasteiger partial charge in [0.25, 0.3) is 0 Å². The number of carboxylic acid groups (broad SMARTS) is 1. The van der Waals surface area contributed by atoms with E-state index in [4.69, 9.17) is 0 Å². The van der Waals surface area contributed by atoms with Crippen molar-refractivity contribution in [3.63, 3.8) is 0 Å². The third-order valence-corrected chi connectivity index (χ3v) is 4.04. The van der Waals surface area contributed by atoms with E-state index < -0.39 is 17.0 Å². The molecule has 8 heteroatoms. The van der Waals surface area contributed by atoms with Crippen molar-refractivity contribution in [2.45, 2.75) is 19.5 Å². The summed E-state index contributed by atoms with van der Waals surface area (Å²) in [7, 11) is 0. The Morgan fingerprint density at radius 2 is 1.96 bits per heavy atom. The third-order valence-electron chi connectivity index (χ3n) is 3.08. The summed E-state index contributed by atoms with van der Waals surface area (Å²) in [4.78, 5) is 21.9. The van der Waals surface area contributed by atoms with Crippen LogP contribution in [0.25, 0.3) is 11.1 Å². The number of carbonyl (C=O) groups excluding carboxylic acids is 1. The molecule has 23 heavy (non-hydrogen) atoms. The van der Waals surface area contributed by atoms with Crippen LogP contribution in [0.4, 0.5) is 18.9 Å². The molecule has 0 saturated heterocycles. The van der Waals surface area contributed by atoms with Crippen LogP contribution in [0.3, 0.4) is 0 Å². The lowest BCUT2D eigenvalue weighted by Crippen LogP contribution is -2.13. The molecule has 1 aromatic carbocycles. The number of carboxylic acids is 1. The first-order valence-electron chi connectivity index (χ1n) is 6.56. The summed E-state index contributed by atoms with van der Waals surface area (Å²) in [5.74, 6) is -1.71. The van der Waals surface area contributed by atoms with Crippen LogP contribution in [0.2, 0.25) is 0 Å². The van der Waals surface area contributed by atoms with Gasteiger partial charge in [-0.25, -0.2) is 4.79 Å². The SMILES string of the molecule is CCC(=O)Nc1ccc(-c2ccsc2C(F)(F)F)cc1C(=O)O. The van der Waals surface area contributed by atoms with Crippen molar-refractivity contribution in [3.8, 4) is 11.1 Å². The van der Waals surface area contributed by atoms with E-state index in [2.05, 4.69) is 5.32 Å². The number of thiophene rings is 1. The standard InChI is InChI=1S/C15H12F3NO3S/c1-2-12(20)19-11-4-3-8(7-10(11)14(21)22)9-5-6-23-13(9)15(16,17)18/h3-7H,2H2,1H3,(H,19,20)(H,21,22). The summed E-state index contributed by atoms with van der Waals surface area (Å²) in [6.07, 6.45) is -4.36. The molecule has 0 aliphatic carbocycles. The predicted octanol–water partition coefficient (Wildman–Crippen LogP) is 4.48. The average molecular weight is 343 g/mol. The summed E-state index contributed by atoms with van der Waals surface area (Å²) >= 11 is 0.542. The number of halogens is 3. The highest BCUT2D eigenvalue weighted by Gasteiger charge is 2.35. The van der Waals surface area contributed by atoms with Gasteiger partial charge in [-0.1, -0.05) is 13.0 Å². The maximum Gasteiger partial charge on any atom is 0.426 e. The van der Waals surface area contributed by atoms with Gasteiger partial charge >= 0.3 is 12.1 Å². The number of hydrogen-bond donors (Lipinski definition) is 2.